The van der Waals surface area contributed by atoms with E-state index in [0.29, 0.717) is 78.9 Å². The average Bonchev–Trinajstić information content (AvgIpc) is 4.16. The Morgan fingerprint density at radius 3 is 2.39 bits per heavy atom. The van der Waals surface area contributed by atoms with Crippen LogP contribution in [-0.2, 0) is 50.3 Å². The van der Waals surface area contributed by atoms with Gasteiger partial charge in [-0.25, -0.2) is 0 Å². The van der Waals surface area contributed by atoms with E-state index < -0.39 is 96.4 Å². The van der Waals surface area contributed by atoms with Crippen LogP contribution in [-0.4, -0.2) is 153 Å². The molecule has 440 valence electrons. The number of thiophene rings is 1. The summed E-state index contributed by atoms with van der Waals surface area (Å²) in [5, 5.41) is 10.8. The molecule has 9 rings (SSSR count). The second-order valence-corrected chi connectivity index (χ2v) is 24.4. The minimum absolute atomic E-state index is 0.0243. The van der Waals surface area contributed by atoms with Gasteiger partial charge in [-0.2, -0.15) is 8.78 Å². The van der Waals surface area contributed by atoms with Crippen LogP contribution in [0.1, 0.15) is 119 Å². The van der Waals surface area contributed by atoms with E-state index in [9.17, 15) is 66.3 Å². The van der Waals surface area contributed by atoms with Crippen LogP contribution in [0.15, 0.2) is 66.7 Å². The normalized spacial score (nSPS) is 21.4. The summed E-state index contributed by atoms with van der Waals surface area (Å²) in [6.07, 6.45) is 3.44. The van der Waals surface area contributed by atoms with Crippen molar-refractivity contribution in [3.8, 4) is 17.6 Å². The molecule has 4 aromatic rings. The van der Waals surface area contributed by atoms with Crippen LogP contribution in [0.4, 0.5) is 8.78 Å². The first-order valence-electron chi connectivity index (χ1n) is 27.4. The molecule has 8 N–H and O–H groups in total. The van der Waals surface area contributed by atoms with E-state index in [4.69, 9.17) is 10.5 Å². The van der Waals surface area contributed by atoms with Crippen LogP contribution in [0.5, 0.6) is 5.75 Å². The Labute approximate surface area is 480 Å². The lowest BCUT2D eigenvalue weighted by Gasteiger charge is -2.38. The van der Waals surface area contributed by atoms with Crippen molar-refractivity contribution in [2.24, 2.45) is 11.7 Å². The topological polar surface area (TPSA) is 307 Å². The third kappa shape index (κ3) is 13.3. The van der Waals surface area contributed by atoms with Gasteiger partial charge in [0.25, 0.3) is 11.8 Å². The first kappa shape index (κ1) is 60.0. The SMILES string of the molecule is COc1ccc(C(NC(=O)C(CCC(N)=O)NC(=O)[C@@H]2CC[C@@H]3CCN(C)C[C@H](NC(=O)c4cc5cc(C(F)(F)P(=O)(O)O)ccc5s4)C(=O)N32)C(=O)N2CCC(CCC#Cc3cccc4c3CN(C3CCC(=O)NC3=O)C4=O)CC2)cc1. The second-order valence-electron chi connectivity index (χ2n) is 21.6. The largest absolute Gasteiger partial charge is 0.497 e. The fourth-order valence-corrected chi connectivity index (χ4v) is 13.0. The fraction of sp³-hybridized carbons (Fsp3) is 0.456. The summed E-state index contributed by atoms with van der Waals surface area (Å²) >= 11 is 0.917. The van der Waals surface area contributed by atoms with Gasteiger partial charge in [0.05, 0.1) is 12.0 Å². The molecule has 83 heavy (non-hydrogen) atoms. The summed E-state index contributed by atoms with van der Waals surface area (Å²) in [7, 11) is -2.62. The number of nitrogens with one attached hydrogen (secondary N) is 4. The quantitative estimate of drug-likeness (QED) is 0.0453. The van der Waals surface area contributed by atoms with Crippen molar-refractivity contribution in [1.29, 1.82) is 0 Å². The third-order valence-electron chi connectivity index (χ3n) is 16.2. The maximum atomic E-state index is 14.6. The van der Waals surface area contributed by atoms with E-state index in [1.165, 1.54) is 29.0 Å². The molecule has 3 aromatic carbocycles. The van der Waals surface area contributed by atoms with Gasteiger partial charge in [-0.05, 0) is 130 Å². The number of amides is 9. The number of benzene rings is 3. The molecule has 4 fully saturated rings. The highest BCUT2D eigenvalue weighted by atomic mass is 32.1. The smallest absolute Gasteiger partial charge is 0.399 e. The summed E-state index contributed by atoms with van der Waals surface area (Å²) in [5.74, 6) is 2.05. The molecular formula is C57H64F2N9O13PS. The Morgan fingerprint density at radius 1 is 0.940 bits per heavy atom. The Balaban J connectivity index is 0.846. The molecule has 26 heteroatoms. The monoisotopic (exact) mass is 1180 g/mol. The number of nitrogens with zero attached hydrogens (tertiary/aromatic N) is 4. The van der Waals surface area contributed by atoms with Crippen LogP contribution >= 0.6 is 18.9 Å². The minimum Gasteiger partial charge on any atom is -0.497 e. The third-order valence-corrected chi connectivity index (χ3v) is 18.3. The molecule has 3 unspecified atom stereocenters. The highest BCUT2D eigenvalue weighted by Crippen LogP contribution is 2.59. The van der Waals surface area contributed by atoms with E-state index in [0.717, 1.165) is 35.5 Å². The van der Waals surface area contributed by atoms with Gasteiger partial charge in [-0.1, -0.05) is 36.1 Å². The number of ether oxygens (including phenoxy) is 1. The van der Waals surface area contributed by atoms with Crippen molar-refractivity contribution in [2.75, 3.05) is 40.3 Å². The van der Waals surface area contributed by atoms with Gasteiger partial charge < -0.3 is 55.8 Å². The molecule has 6 atom stereocenters. The predicted molar refractivity (Wildman–Crippen MR) is 297 cm³/mol. The highest BCUT2D eigenvalue weighted by Gasteiger charge is 2.51. The molecule has 0 aliphatic carbocycles. The number of piperidine rings is 2. The zero-order valence-corrected chi connectivity index (χ0v) is 47.3. The fourth-order valence-electron chi connectivity index (χ4n) is 11.5. The Morgan fingerprint density at radius 2 is 1.69 bits per heavy atom. The molecule has 22 nitrogen and oxygen atoms in total. The average molecular weight is 1180 g/mol. The molecule has 5 aliphatic rings. The molecule has 0 spiro atoms. The number of methoxy groups -OCH3 is 1. The number of nitrogens with two attached hydrogens (primary N) is 1. The number of halogens is 2. The lowest BCUT2D eigenvalue weighted by molar-refractivity contribution is -0.144. The molecule has 0 saturated carbocycles. The maximum absolute atomic E-state index is 14.6. The minimum atomic E-state index is -5.87. The number of hydrogen-bond acceptors (Lipinski definition) is 13. The molecule has 5 aliphatic heterocycles. The Hall–Kier alpha value is -7.62. The van der Waals surface area contributed by atoms with Crippen molar-refractivity contribution < 1.29 is 71.0 Å². The molecule has 9 amide bonds. The maximum Gasteiger partial charge on any atom is 0.399 e. The number of likely N-dealkylation sites (N-methyl/N-ethyl adjacent to an activating group) is 1. The zero-order valence-electron chi connectivity index (χ0n) is 45.6. The summed E-state index contributed by atoms with van der Waals surface area (Å²) < 4.78 is 46.4. The van der Waals surface area contributed by atoms with Crippen molar-refractivity contribution in [2.45, 2.75) is 119 Å². The van der Waals surface area contributed by atoms with Crippen LogP contribution in [0.25, 0.3) is 10.1 Å². The van der Waals surface area contributed by atoms with Gasteiger partial charge in [0.15, 0.2) is 0 Å². The van der Waals surface area contributed by atoms with Gasteiger partial charge in [0.1, 0.15) is 36.0 Å². The van der Waals surface area contributed by atoms with E-state index in [1.54, 1.807) is 48.3 Å². The van der Waals surface area contributed by atoms with Crippen LogP contribution in [0.3, 0.4) is 0 Å². The Kier molecular flexibility index (Phi) is 18.1. The van der Waals surface area contributed by atoms with Crippen molar-refractivity contribution >= 4 is 82.2 Å². The van der Waals surface area contributed by atoms with Crippen molar-refractivity contribution in [1.82, 2.24) is 40.9 Å². The molecule has 6 heterocycles. The number of carbonyl (C=O) groups excluding carboxylic acids is 9. The number of alkyl halides is 2. The predicted octanol–water partition coefficient (Wildman–Crippen LogP) is 3.37. The number of hydrogen-bond donors (Lipinski definition) is 7. The lowest BCUT2D eigenvalue weighted by Crippen LogP contribution is -2.61. The molecule has 0 radical (unpaired) electrons. The van der Waals surface area contributed by atoms with E-state index in [1.807, 2.05) is 11.0 Å². The van der Waals surface area contributed by atoms with Crippen LogP contribution in [0.2, 0.25) is 0 Å². The molecule has 0 bridgehead atoms. The standard InChI is InChI=1S/C57H64F2N9O13PS/c1-65-25-24-37-13-17-44(68(37)55(76)42(31-65)62-53(74)46-29-35-28-36(12-19-45(35)83-46)57(58,59)82(78,79)80)52(73)61-41(16-20-47(60)69)50(71)64-49(34-10-14-38(81-2)15-11-34)56(77)66-26-22-32(23-27-66)6-3-4-7-33-8-5-9-39-40(33)30-67(54(39)75)43-18-21-48(70)63-51(43)72/h5,8-12,14-15,19,28-29,32,37,41-44,49H,3,6,13,16-18,20-27,30-31H2,1-2H3,(H2,60,69)(H,61,73)(H,62,74)(H,64,71)(H,63,70,72)(H2,78,79,80)/t37-,41?,42+,43?,44+,49?/m1/s1. The number of primary amides is 1. The van der Waals surface area contributed by atoms with Crippen LogP contribution in [0, 0.1) is 17.8 Å². The number of imide groups is 1. The lowest BCUT2D eigenvalue weighted by atomic mass is 9.91. The van der Waals surface area contributed by atoms with Gasteiger partial charge in [0.2, 0.25) is 41.4 Å². The number of likely N-dealkylation sites (tertiary alicyclic amines) is 1. The van der Waals surface area contributed by atoms with E-state index in [-0.39, 0.29) is 73.2 Å². The van der Waals surface area contributed by atoms with Gasteiger partial charge in [-0.3, -0.25) is 53.0 Å². The first-order chi connectivity index (χ1) is 39.5. The molecule has 4 saturated heterocycles. The molecular weight excluding hydrogens is 1120 g/mol. The number of carbonyl (C=O) groups is 9. The van der Waals surface area contributed by atoms with E-state index in [2.05, 4.69) is 33.1 Å². The summed E-state index contributed by atoms with van der Waals surface area (Å²) in [6, 6.07) is 9.95. The van der Waals surface area contributed by atoms with Gasteiger partial charge >= 0.3 is 13.3 Å². The highest BCUT2D eigenvalue weighted by molar-refractivity contribution is 7.52. The van der Waals surface area contributed by atoms with Crippen molar-refractivity contribution in [3.05, 3.63) is 99.4 Å². The van der Waals surface area contributed by atoms with E-state index >= 15 is 0 Å². The number of fused-ring (bicyclic) bond motifs is 3. The van der Waals surface area contributed by atoms with Gasteiger partial charge in [0, 0.05) is 72.9 Å². The van der Waals surface area contributed by atoms with Crippen molar-refractivity contribution in [3.63, 3.8) is 0 Å². The number of rotatable bonds is 17. The molecule has 1 aromatic heterocycles. The summed E-state index contributed by atoms with van der Waals surface area (Å²) in [5.41, 5.74) is 2.46. The zero-order chi connectivity index (χ0) is 59.5. The first-order valence-corrected chi connectivity index (χ1v) is 29.8. The van der Waals surface area contributed by atoms with Crippen LogP contribution < -0.4 is 31.7 Å². The van der Waals surface area contributed by atoms with Gasteiger partial charge in [-0.15, -0.1) is 11.3 Å². The summed E-state index contributed by atoms with van der Waals surface area (Å²) in [6.45, 7) is 1.44. The Bertz CT molecular complexity index is 3360. The second kappa shape index (κ2) is 25.1. The summed E-state index contributed by atoms with van der Waals surface area (Å²) in [4.78, 5) is 147.